The van der Waals surface area contributed by atoms with Crippen LogP contribution in [0.5, 0.6) is 0 Å². The van der Waals surface area contributed by atoms with Crippen molar-refractivity contribution in [1.29, 1.82) is 0 Å². The van der Waals surface area contributed by atoms with E-state index >= 15 is 0 Å². The summed E-state index contributed by atoms with van der Waals surface area (Å²) in [5.41, 5.74) is 0.956. The maximum Gasteiger partial charge on any atom is 0.294 e. The van der Waals surface area contributed by atoms with Crippen LogP contribution < -0.4 is 0 Å². The Morgan fingerprint density at radius 3 is 2.00 bits per heavy atom. The minimum Gasteiger partial charge on any atom is -0.396 e. The molecule has 0 heterocycles. The van der Waals surface area contributed by atoms with Crippen molar-refractivity contribution in [1.82, 2.24) is 0 Å². The molecule has 0 saturated heterocycles. The third-order valence-corrected chi connectivity index (χ3v) is 4.17. The van der Waals surface area contributed by atoms with E-state index < -0.39 is 10.1 Å². The average molecular weight is 286 g/mol. The zero-order valence-corrected chi connectivity index (χ0v) is 12.1. The van der Waals surface area contributed by atoms with Crippen LogP contribution in [0.15, 0.2) is 29.2 Å². The summed E-state index contributed by atoms with van der Waals surface area (Å²) in [6.07, 6.45) is 6.58. The predicted molar refractivity (Wildman–Crippen MR) is 74.7 cm³/mol. The molecule has 1 aromatic rings. The zero-order chi connectivity index (χ0) is 14.3. The molecule has 1 saturated carbocycles. The Labute approximate surface area is 115 Å². The molecule has 0 aromatic heterocycles. The van der Waals surface area contributed by atoms with Gasteiger partial charge in [-0.05, 0) is 37.8 Å². The molecule has 2 rings (SSSR count). The number of hydrogen-bond donors (Lipinski definition) is 2. The molecule has 2 N–H and O–H groups in total. The number of hydrogen-bond acceptors (Lipinski definition) is 3. The highest BCUT2D eigenvalue weighted by molar-refractivity contribution is 7.85. The SMILES string of the molecule is Cc1ccc(S(=O)(=O)O)cc1.OCC1CCCCC1. The van der Waals surface area contributed by atoms with E-state index in [0.717, 1.165) is 5.56 Å². The number of aliphatic hydroxyl groups excluding tert-OH is 1. The first kappa shape index (κ1) is 16.1. The first-order valence-corrected chi connectivity index (χ1v) is 8.02. The van der Waals surface area contributed by atoms with Crippen molar-refractivity contribution < 1.29 is 18.1 Å². The zero-order valence-electron chi connectivity index (χ0n) is 11.2. The Balaban J connectivity index is 0.000000200. The molecular formula is C14H22O4S. The van der Waals surface area contributed by atoms with E-state index in [0.29, 0.717) is 12.5 Å². The van der Waals surface area contributed by atoms with Gasteiger partial charge in [-0.2, -0.15) is 8.42 Å². The van der Waals surface area contributed by atoms with Crippen molar-refractivity contribution in [2.24, 2.45) is 5.92 Å². The third kappa shape index (κ3) is 6.18. The Hall–Kier alpha value is -0.910. The summed E-state index contributed by atoms with van der Waals surface area (Å²) in [5, 5.41) is 8.69. The normalized spacial score (nSPS) is 16.6. The Morgan fingerprint density at radius 1 is 1.11 bits per heavy atom. The van der Waals surface area contributed by atoms with Gasteiger partial charge in [0, 0.05) is 6.61 Å². The fourth-order valence-corrected chi connectivity index (χ4v) is 2.56. The molecule has 5 heteroatoms. The highest BCUT2D eigenvalue weighted by Gasteiger charge is 2.10. The molecule has 0 spiro atoms. The lowest BCUT2D eigenvalue weighted by molar-refractivity contribution is 0.190. The Morgan fingerprint density at radius 2 is 1.63 bits per heavy atom. The molecule has 4 nitrogen and oxygen atoms in total. The van der Waals surface area contributed by atoms with Gasteiger partial charge in [-0.25, -0.2) is 0 Å². The van der Waals surface area contributed by atoms with Crippen LogP contribution in [0.25, 0.3) is 0 Å². The number of aliphatic hydroxyl groups is 1. The lowest BCUT2D eigenvalue weighted by Crippen LogP contribution is -2.09. The topological polar surface area (TPSA) is 74.6 Å². The summed E-state index contributed by atoms with van der Waals surface area (Å²) in [6, 6.07) is 5.99. The van der Waals surface area contributed by atoms with Gasteiger partial charge in [-0.1, -0.05) is 37.0 Å². The molecule has 1 aliphatic carbocycles. The second-order valence-electron chi connectivity index (χ2n) is 4.97. The molecule has 0 unspecified atom stereocenters. The summed E-state index contributed by atoms with van der Waals surface area (Å²) in [4.78, 5) is -0.0666. The van der Waals surface area contributed by atoms with Crippen LogP contribution in [-0.4, -0.2) is 24.7 Å². The van der Waals surface area contributed by atoms with Crippen LogP contribution in [0.3, 0.4) is 0 Å². The summed E-state index contributed by atoms with van der Waals surface area (Å²) >= 11 is 0. The van der Waals surface area contributed by atoms with Crippen LogP contribution in [0.1, 0.15) is 37.7 Å². The molecule has 19 heavy (non-hydrogen) atoms. The van der Waals surface area contributed by atoms with Gasteiger partial charge in [0.1, 0.15) is 0 Å². The fourth-order valence-electron chi connectivity index (χ4n) is 2.08. The van der Waals surface area contributed by atoms with Crippen molar-refractivity contribution in [2.75, 3.05) is 6.61 Å². The van der Waals surface area contributed by atoms with Crippen molar-refractivity contribution in [3.05, 3.63) is 29.8 Å². The number of rotatable bonds is 2. The van der Waals surface area contributed by atoms with E-state index in [9.17, 15) is 8.42 Å². The molecule has 1 fully saturated rings. The van der Waals surface area contributed by atoms with E-state index in [1.54, 1.807) is 12.1 Å². The highest BCUT2D eigenvalue weighted by Crippen LogP contribution is 2.22. The molecule has 0 radical (unpaired) electrons. The summed E-state index contributed by atoms with van der Waals surface area (Å²) in [5.74, 6) is 0.642. The Bertz CT molecular complexity index is 459. The summed E-state index contributed by atoms with van der Waals surface area (Å²) in [7, 11) is -4.02. The first-order chi connectivity index (χ1) is 8.93. The maximum absolute atomic E-state index is 10.5. The van der Waals surface area contributed by atoms with Crippen molar-refractivity contribution in [3.63, 3.8) is 0 Å². The van der Waals surface area contributed by atoms with Gasteiger partial charge in [-0.15, -0.1) is 0 Å². The van der Waals surface area contributed by atoms with Gasteiger partial charge in [-0.3, -0.25) is 4.55 Å². The minimum atomic E-state index is -4.02. The lowest BCUT2D eigenvalue weighted by Gasteiger charge is -2.18. The second kappa shape index (κ2) is 7.62. The minimum absolute atomic E-state index is 0.0666. The first-order valence-electron chi connectivity index (χ1n) is 6.58. The molecule has 0 amide bonds. The van der Waals surface area contributed by atoms with Crippen LogP contribution in [-0.2, 0) is 10.1 Å². The number of benzene rings is 1. The lowest BCUT2D eigenvalue weighted by atomic mass is 9.90. The molecule has 0 bridgehead atoms. The van der Waals surface area contributed by atoms with E-state index in [1.165, 1.54) is 44.2 Å². The standard InChI is InChI=1S/C7H8O3S.C7H14O/c1-6-2-4-7(5-3-6)11(8,9)10;8-6-7-4-2-1-3-5-7/h2-5H,1H3,(H,8,9,10);7-8H,1-6H2. The van der Waals surface area contributed by atoms with Gasteiger partial charge >= 0.3 is 0 Å². The molecule has 0 atom stereocenters. The summed E-state index contributed by atoms with van der Waals surface area (Å²) < 4.78 is 29.6. The third-order valence-electron chi connectivity index (χ3n) is 3.30. The monoisotopic (exact) mass is 286 g/mol. The summed E-state index contributed by atoms with van der Waals surface area (Å²) in [6.45, 7) is 2.26. The van der Waals surface area contributed by atoms with E-state index in [1.807, 2.05) is 6.92 Å². The largest absolute Gasteiger partial charge is 0.396 e. The number of aryl methyl sites for hydroxylation is 1. The van der Waals surface area contributed by atoms with E-state index in [-0.39, 0.29) is 4.90 Å². The smallest absolute Gasteiger partial charge is 0.294 e. The van der Waals surface area contributed by atoms with Crippen LogP contribution >= 0.6 is 0 Å². The molecular weight excluding hydrogens is 264 g/mol. The molecule has 0 aliphatic heterocycles. The maximum atomic E-state index is 10.5. The van der Waals surface area contributed by atoms with Gasteiger partial charge < -0.3 is 5.11 Å². The molecule has 1 aliphatic rings. The Kier molecular flexibility index (Phi) is 6.48. The van der Waals surface area contributed by atoms with Gasteiger partial charge in [0.05, 0.1) is 4.90 Å². The van der Waals surface area contributed by atoms with E-state index in [4.69, 9.17) is 9.66 Å². The van der Waals surface area contributed by atoms with Crippen molar-refractivity contribution in [3.8, 4) is 0 Å². The van der Waals surface area contributed by atoms with Crippen LogP contribution in [0.4, 0.5) is 0 Å². The van der Waals surface area contributed by atoms with Crippen molar-refractivity contribution >= 4 is 10.1 Å². The average Bonchev–Trinajstić information content (AvgIpc) is 2.40. The van der Waals surface area contributed by atoms with Gasteiger partial charge in [0.15, 0.2) is 0 Å². The van der Waals surface area contributed by atoms with E-state index in [2.05, 4.69) is 0 Å². The molecule has 108 valence electrons. The van der Waals surface area contributed by atoms with Gasteiger partial charge in [0.2, 0.25) is 0 Å². The van der Waals surface area contributed by atoms with Crippen LogP contribution in [0.2, 0.25) is 0 Å². The fraction of sp³-hybridized carbons (Fsp3) is 0.571. The van der Waals surface area contributed by atoms with Crippen LogP contribution in [0, 0.1) is 12.8 Å². The van der Waals surface area contributed by atoms with Gasteiger partial charge in [0.25, 0.3) is 10.1 Å². The second-order valence-corrected chi connectivity index (χ2v) is 6.40. The molecule has 1 aromatic carbocycles. The highest BCUT2D eigenvalue weighted by atomic mass is 32.2. The quantitative estimate of drug-likeness (QED) is 0.820. The predicted octanol–water partition coefficient (Wildman–Crippen LogP) is 2.80. The van der Waals surface area contributed by atoms with Crippen molar-refractivity contribution in [2.45, 2.75) is 43.9 Å².